The molecule has 0 aliphatic rings. The molecule has 0 aromatic heterocycles. The zero-order valence-electron chi connectivity index (χ0n) is 9.90. The van der Waals surface area contributed by atoms with Crippen molar-refractivity contribution in [1.82, 2.24) is 5.43 Å². The molecule has 1 rings (SSSR count). The van der Waals surface area contributed by atoms with Gasteiger partial charge in [0.2, 0.25) is 5.91 Å². The Morgan fingerprint density at radius 2 is 2.29 bits per heavy atom. The lowest BCUT2D eigenvalue weighted by atomic mass is 10.2. The van der Waals surface area contributed by atoms with Crippen LogP contribution < -0.4 is 17.0 Å². The predicted molar refractivity (Wildman–Crippen MR) is 69.4 cm³/mol. The van der Waals surface area contributed by atoms with Crippen molar-refractivity contribution in [2.75, 3.05) is 19.5 Å². The van der Waals surface area contributed by atoms with E-state index in [0.717, 1.165) is 10.5 Å². The average Bonchev–Trinajstić information content (AvgIpc) is 2.33. The van der Waals surface area contributed by atoms with E-state index >= 15 is 0 Å². The molecule has 0 fully saturated rings. The highest BCUT2D eigenvalue weighted by atomic mass is 32.2. The molecule has 94 valence electrons. The maximum atomic E-state index is 11.5. The molecule has 0 saturated carbocycles. The lowest BCUT2D eigenvalue weighted by Crippen LogP contribution is -2.39. The van der Waals surface area contributed by atoms with Gasteiger partial charge in [-0.15, -0.1) is 11.8 Å². The number of nitrogens with one attached hydrogen (secondary N) is 1. The number of aryl methyl sites for hydroxylation is 1. The SMILES string of the molecule is COCC(Sc1cccc(C)c1N)C(=O)NN. The Morgan fingerprint density at radius 3 is 2.88 bits per heavy atom. The molecule has 5 N–H and O–H groups in total. The smallest absolute Gasteiger partial charge is 0.249 e. The van der Waals surface area contributed by atoms with Gasteiger partial charge in [-0.3, -0.25) is 10.2 Å². The second kappa shape index (κ2) is 6.48. The van der Waals surface area contributed by atoms with E-state index in [4.69, 9.17) is 16.3 Å². The summed E-state index contributed by atoms with van der Waals surface area (Å²) in [6, 6.07) is 5.70. The number of hydrazine groups is 1. The lowest BCUT2D eigenvalue weighted by Gasteiger charge is -2.15. The summed E-state index contributed by atoms with van der Waals surface area (Å²) in [6.07, 6.45) is 0. The van der Waals surface area contributed by atoms with E-state index in [1.54, 1.807) is 0 Å². The van der Waals surface area contributed by atoms with Crippen LogP contribution in [0, 0.1) is 6.92 Å². The molecule has 0 radical (unpaired) electrons. The highest BCUT2D eigenvalue weighted by Gasteiger charge is 2.20. The maximum Gasteiger partial charge on any atom is 0.249 e. The van der Waals surface area contributed by atoms with Gasteiger partial charge in [0.15, 0.2) is 0 Å². The van der Waals surface area contributed by atoms with Gasteiger partial charge in [0.25, 0.3) is 0 Å². The van der Waals surface area contributed by atoms with E-state index in [1.807, 2.05) is 25.1 Å². The molecule has 0 heterocycles. The van der Waals surface area contributed by atoms with Gasteiger partial charge in [-0.25, -0.2) is 5.84 Å². The molecule has 1 unspecified atom stereocenters. The van der Waals surface area contributed by atoms with Crippen molar-refractivity contribution in [2.45, 2.75) is 17.1 Å². The first-order chi connectivity index (χ1) is 8.10. The van der Waals surface area contributed by atoms with Crippen LogP contribution in [0.1, 0.15) is 5.56 Å². The lowest BCUT2D eigenvalue weighted by molar-refractivity contribution is -0.121. The van der Waals surface area contributed by atoms with Crippen molar-refractivity contribution in [3.63, 3.8) is 0 Å². The van der Waals surface area contributed by atoms with Crippen LogP contribution in [-0.2, 0) is 9.53 Å². The van der Waals surface area contributed by atoms with E-state index in [1.165, 1.54) is 18.9 Å². The van der Waals surface area contributed by atoms with Gasteiger partial charge in [0, 0.05) is 17.7 Å². The number of nitrogens with two attached hydrogens (primary N) is 2. The summed E-state index contributed by atoms with van der Waals surface area (Å²) >= 11 is 1.34. The predicted octanol–water partition coefficient (Wildman–Crippen LogP) is 0.674. The van der Waals surface area contributed by atoms with Crippen molar-refractivity contribution >= 4 is 23.4 Å². The number of carbonyl (C=O) groups is 1. The number of amides is 1. The first-order valence-electron chi connectivity index (χ1n) is 5.11. The molecule has 1 atom stereocenters. The normalized spacial score (nSPS) is 12.2. The summed E-state index contributed by atoms with van der Waals surface area (Å²) < 4.78 is 4.99. The van der Waals surface area contributed by atoms with Gasteiger partial charge in [0.05, 0.1) is 6.61 Å². The monoisotopic (exact) mass is 255 g/mol. The zero-order chi connectivity index (χ0) is 12.8. The molecule has 1 aromatic rings. The topological polar surface area (TPSA) is 90.4 Å². The van der Waals surface area contributed by atoms with Crippen LogP contribution in [0.3, 0.4) is 0 Å². The largest absolute Gasteiger partial charge is 0.398 e. The highest BCUT2D eigenvalue weighted by Crippen LogP contribution is 2.30. The van der Waals surface area contributed by atoms with Crippen molar-refractivity contribution in [1.29, 1.82) is 0 Å². The zero-order valence-corrected chi connectivity index (χ0v) is 10.7. The summed E-state index contributed by atoms with van der Waals surface area (Å²) in [5.74, 6) is 4.85. The van der Waals surface area contributed by atoms with E-state index < -0.39 is 5.25 Å². The second-order valence-electron chi connectivity index (χ2n) is 3.56. The van der Waals surface area contributed by atoms with E-state index in [2.05, 4.69) is 5.43 Å². The first-order valence-corrected chi connectivity index (χ1v) is 5.99. The highest BCUT2D eigenvalue weighted by molar-refractivity contribution is 8.00. The van der Waals surface area contributed by atoms with Gasteiger partial charge >= 0.3 is 0 Å². The molecule has 0 aliphatic heterocycles. The summed E-state index contributed by atoms with van der Waals surface area (Å²) in [4.78, 5) is 12.4. The third kappa shape index (κ3) is 3.62. The fraction of sp³-hybridized carbons (Fsp3) is 0.364. The molecular formula is C11H17N3O2S. The number of methoxy groups -OCH3 is 1. The van der Waals surface area contributed by atoms with Crippen molar-refractivity contribution in [3.8, 4) is 0 Å². The van der Waals surface area contributed by atoms with Crippen LogP contribution in [0.25, 0.3) is 0 Å². The number of benzene rings is 1. The summed E-state index contributed by atoms with van der Waals surface area (Å²) in [5.41, 5.74) is 9.74. The standard InChI is InChI=1S/C11H17N3O2S/c1-7-4-3-5-8(10(7)12)17-9(6-16-2)11(15)14-13/h3-5,9H,6,12-13H2,1-2H3,(H,14,15). The number of rotatable bonds is 5. The Balaban J connectivity index is 2.85. The summed E-state index contributed by atoms with van der Waals surface area (Å²) in [6.45, 7) is 2.20. The Kier molecular flexibility index (Phi) is 5.27. The number of hydrogen-bond donors (Lipinski definition) is 3. The number of hydrogen-bond acceptors (Lipinski definition) is 5. The van der Waals surface area contributed by atoms with Crippen LogP contribution in [0.15, 0.2) is 23.1 Å². The number of nitrogen functional groups attached to an aromatic ring is 1. The van der Waals surface area contributed by atoms with E-state index in [0.29, 0.717) is 5.69 Å². The third-order valence-corrected chi connectivity index (χ3v) is 3.55. The average molecular weight is 255 g/mol. The molecule has 0 aliphatic carbocycles. The quantitative estimate of drug-likeness (QED) is 0.236. The number of ether oxygens (including phenoxy) is 1. The van der Waals surface area contributed by atoms with Gasteiger partial charge in [-0.2, -0.15) is 0 Å². The maximum absolute atomic E-state index is 11.5. The molecule has 0 bridgehead atoms. The molecule has 0 spiro atoms. The Bertz CT molecular complexity index is 398. The van der Waals surface area contributed by atoms with Gasteiger partial charge in [-0.1, -0.05) is 12.1 Å². The van der Waals surface area contributed by atoms with Gasteiger partial charge in [0.1, 0.15) is 5.25 Å². The number of anilines is 1. The molecule has 0 saturated heterocycles. The second-order valence-corrected chi connectivity index (χ2v) is 4.80. The summed E-state index contributed by atoms with van der Waals surface area (Å²) in [7, 11) is 1.54. The molecule has 5 nitrogen and oxygen atoms in total. The first kappa shape index (κ1) is 13.8. The van der Waals surface area contributed by atoms with Crippen LogP contribution in [0.5, 0.6) is 0 Å². The van der Waals surface area contributed by atoms with Gasteiger partial charge in [-0.05, 0) is 18.6 Å². The van der Waals surface area contributed by atoms with Crippen LogP contribution >= 0.6 is 11.8 Å². The Hall–Kier alpha value is -1.24. The molecule has 1 amide bonds. The molecule has 17 heavy (non-hydrogen) atoms. The minimum atomic E-state index is -0.408. The van der Waals surface area contributed by atoms with Gasteiger partial charge < -0.3 is 10.5 Å². The van der Waals surface area contributed by atoms with E-state index in [9.17, 15) is 4.79 Å². The molecular weight excluding hydrogens is 238 g/mol. The Labute approximate surface area is 105 Å². The third-order valence-electron chi connectivity index (χ3n) is 2.31. The number of thioether (sulfide) groups is 1. The van der Waals surface area contributed by atoms with Crippen molar-refractivity contribution < 1.29 is 9.53 Å². The van der Waals surface area contributed by atoms with Crippen LogP contribution in [0.2, 0.25) is 0 Å². The minimum Gasteiger partial charge on any atom is -0.398 e. The van der Waals surface area contributed by atoms with Crippen LogP contribution in [-0.4, -0.2) is 24.9 Å². The Morgan fingerprint density at radius 1 is 1.59 bits per heavy atom. The fourth-order valence-corrected chi connectivity index (χ4v) is 2.45. The van der Waals surface area contributed by atoms with Crippen molar-refractivity contribution in [2.24, 2.45) is 5.84 Å². The van der Waals surface area contributed by atoms with E-state index in [-0.39, 0.29) is 12.5 Å². The molecule has 6 heteroatoms. The number of para-hydroxylation sites is 1. The van der Waals surface area contributed by atoms with Crippen molar-refractivity contribution in [3.05, 3.63) is 23.8 Å². The minimum absolute atomic E-state index is 0.279. The number of carbonyl (C=O) groups excluding carboxylic acids is 1. The van der Waals surface area contributed by atoms with Crippen LogP contribution in [0.4, 0.5) is 5.69 Å². The summed E-state index contributed by atoms with van der Waals surface area (Å²) in [5, 5.41) is -0.408. The fourth-order valence-electron chi connectivity index (χ4n) is 1.32. The molecule has 1 aromatic carbocycles.